The minimum atomic E-state index is -3.21. The third-order valence-corrected chi connectivity index (χ3v) is 1.81. The summed E-state index contributed by atoms with van der Waals surface area (Å²) in [5.41, 5.74) is -1.92. The molecule has 2 nitrogen and oxygen atoms in total. The molecule has 0 bridgehead atoms. The lowest BCUT2D eigenvalue weighted by molar-refractivity contribution is 0.0512. The summed E-state index contributed by atoms with van der Waals surface area (Å²) in [4.78, 5) is 11.2. The van der Waals surface area contributed by atoms with Crippen LogP contribution in [0, 0.1) is 11.6 Å². The summed E-state index contributed by atoms with van der Waals surface area (Å²) < 4.78 is 55.1. The fourth-order valence-electron chi connectivity index (χ4n) is 1.18. The first kappa shape index (κ1) is 12.5. The molecular formula is C10H8F4O2. The van der Waals surface area contributed by atoms with E-state index in [0.717, 1.165) is 0 Å². The smallest absolute Gasteiger partial charge is 0.338 e. The van der Waals surface area contributed by atoms with E-state index in [9.17, 15) is 22.4 Å². The zero-order valence-corrected chi connectivity index (χ0v) is 8.27. The maximum atomic E-state index is 13.0. The van der Waals surface area contributed by atoms with Gasteiger partial charge < -0.3 is 4.74 Å². The molecule has 0 heterocycles. The Morgan fingerprint density at radius 2 is 2.00 bits per heavy atom. The van der Waals surface area contributed by atoms with Crippen LogP contribution >= 0.6 is 0 Å². The molecule has 0 amide bonds. The highest BCUT2D eigenvalue weighted by Crippen LogP contribution is 2.27. The van der Waals surface area contributed by atoms with E-state index in [4.69, 9.17) is 0 Å². The first-order valence-electron chi connectivity index (χ1n) is 4.41. The average Bonchev–Trinajstić information content (AvgIpc) is 2.15. The van der Waals surface area contributed by atoms with Gasteiger partial charge in [0.05, 0.1) is 17.7 Å². The molecule has 0 atom stereocenters. The van der Waals surface area contributed by atoms with Gasteiger partial charge in [0.25, 0.3) is 6.43 Å². The van der Waals surface area contributed by atoms with E-state index in [1.807, 2.05) is 0 Å². The molecule has 0 unspecified atom stereocenters. The van der Waals surface area contributed by atoms with Crippen molar-refractivity contribution in [3.05, 3.63) is 34.9 Å². The minimum Gasteiger partial charge on any atom is -0.462 e. The summed E-state index contributed by atoms with van der Waals surface area (Å²) in [7, 11) is 0. The Balaban J connectivity index is 3.29. The monoisotopic (exact) mass is 236 g/mol. The van der Waals surface area contributed by atoms with E-state index in [1.54, 1.807) is 0 Å². The number of alkyl halides is 2. The predicted molar refractivity (Wildman–Crippen MR) is 47.3 cm³/mol. The quantitative estimate of drug-likeness (QED) is 0.595. The first-order chi connectivity index (χ1) is 7.47. The average molecular weight is 236 g/mol. The number of benzene rings is 1. The van der Waals surface area contributed by atoms with Crippen molar-refractivity contribution in [1.82, 2.24) is 0 Å². The van der Waals surface area contributed by atoms with Crippen molar-refractivity contribution < 1.29 is 27.1 Å². The number of ether oxygens (including phenoxy) is 1. The molecule has 0 spiro atoms. The Bertz CT molecular complexity index is 404. The van der Waals surface area contributed by atoms with Crippen LogP contribution < -0.4 is 0 Å². The van der Waals surface area contributed by atoms with Crippen LogP contribution in [-0.4, -0.2) is 12.6 Å². The fourth-order valence-corrected chi connectivity index (χ4v) is 1.18. The molecule has 88 valence electrons. The van der Waals surface area contributed by atoms with Crippen molar-refractivity contribution in [2.75, 3.05) is 6.61 Å². The highest BCUT2D eigenvalue weighted by Gasteiger charge is 2.24. The number of carbonyl (C=O) groups excluding carboxylic acids is 1. The van der Waals surface area contributed by atoms with Crippen LogP contribution in [-0.2, 0) is 4.74 Å². The molecule has 0 N–H and O–H groups in total. The lowest BCUT2D eigenvalue weighted by Gasteiger charge is -2.09. The highest BCUT2D eigenvalue weighted by molar-refractivity contribution is 5.91. The van der Waals surface area contributed by atoms with Crippen LogP contribution in [0.2, 0.25) is 0 Å². The van der Waals surface area contributed by atoms with E-state index >= 15 is 0 Å². The molecule has 0 saturated carbocycles. The number of halogens is 4. The molecular weight excluding hydrogens is 228 g/mol. The van der Waals surface area contributed by atoms with Gasteiger partial charge in [0.15, 0.2) is 0 Å². The lowest BCUT2D eigenvalue weighted by atomic mass is 10.1. The summed E-state index contributed by atoms with van der Waals surface area (Å²) in [5.74, 6) is -3.74. The van der Waals surface area contributed by atoms with Crippen molar-refractivity contribution >= 4 is 5.97 Å². The van der Waals surface area contributed by atoms with E-state index in [-0.39, 0.29) is 6.61 Å². The molecule has 6 heteroatoms. The van der Waals surface area contributed by atoms with Gasteiger partial charge in [0, 0.05) is 6.07 Å². The molecule has 1 aromatic carbocycles. The molecule has 16 heavy (non-hydrogen) atoms. The third-order valence-electron chi connectivity index (χ3n) is 1.81. The molecule has 0 aliphatic rings. The van der Waals surface area contributed by atoms with E-state index in [0.29, 0.717) is 12.1 Å². The lowest BCUT2D eigenvalue weighted by Crippen LogP contribution is -2.11. The molecule has 0 radical (unpaired) electrons. The van der Waals surface area contributed by atoms with E-state index in [2.05, 4.69) is 4.74 Å². The maximum absolute atomic E-state index is 13.0. The topological polar surface area (TPSA) is 26.3 Å². The Morgan fingerprint density at radius 1 is 1.38 bits per heavy atom. The van der Waals surface area contributed by atoms with Gasteiger partial charge in [-0.3, -0.25) is 0 Å². The molecule has 1 rings (SSSR count). The van der Waals surface area contributed by atoms with Crippen molar-refractivity contribution in [1.29, 1.82) is 0 Å². The standard InChI is InChI=1S/C10H8F4O2/c1-2-16-10(15)6-3-5(11)4-7(12)8(6)9(13)14/h3-4,9H,2H2,1H3. The SMILES string of the molecule is CCOC(=O)c1cc(F)cc(F)c1C(F)F. The largest absolute Gasteiger partial charge is 0.462 e. The summed E-state index contributed by atoms with van der Waals surface area (Å²) in [6.07, 6.45) is -3.21. The van der Waals surface area contributed by atoms with Crippen LogP contribution in [0.15, 0.2) is 12.1 Å². The summed E-state index contributed by atoms with van der Waals surface area (Å²) in [6, 6.07) is 0.826. The van der Waals surface area contributed by atoms with Gasteiger partial charge in [-0.15, -0.1) is 0 Å². The van der Waals surface area contributed by atoms with Gasteiger partial charge in [-0.05, 0) is 13.0 Å². The molecule has 0 saturated heterocycles. The molecule has 0 fully saturated rings. The maximum Gasteiger partial charge on any atom is 0.338 e. The van der Waals surface area contributed by atoms with Crippen molar-refractivity contribution in [3.8, 4) is 0 Å². The number of hydrogen-bond donors (Lipinski definition) is 0. The number of esters is 1. The normalized spacial score (nSPS) is 10.6. The molecule has 0 aliphatic carbocycles. The van der Waals surface area contributed by atoms with Crippen LogP contribution in [0.5, 0.6) is 0 Å². The van der Waals surface area contributed by atoms with Gasteiger partial charge >= 0.3 is 5.97 Å². The van der Waals surface area contributed by atoms with Crippen LogP contribution in [0.3, 0.4) is 0 Å². The zero-order valence-electron chi connectivity index (χ0n) is 8.27. The van der Waals surface area contributed by atoms with Crippen molar-refractivity contribution in [3.63, 3.8) is 0 Å². The second-order valence-electron chi connectivity index (χ2n) is 2.87. The van der Waals surface area contributed by atoms with Gasteiger partial charge in [-0.25, -0.2) is 22.4 Å². The van der Waals surface area contributed by atoms with Gasteiger partial charge in [-0.1, -0.05) is 0 Å². The van der Waals surface area contributed by atoms with Gasteiger partial charge in [0.1, 0.15) is 11.6 Å². The predicted octanol–water partition coefficient (Wildman–Crippen LogP) is 3.08. The van der Waals surface area contributed by atoms with Gasteiger partial charge in [-0.2, -0.15) is 0 Å². The van der Waals surface area contributed by atoms with Crippen LogP contribution in [0.25, 0.3) is 0 Å². The number of hydrogen-bond acceptors (Lipinski definition) is 2. The third kappa shape index (κ3) is 2.50. The van der Waals surface area contributed by atoms with Crippen molar-refractivity contribution in [2.45, 2.75) is 13.3 Å². The van der Waals surface area contributed by atoms with Crippen LogP contribution in [0.4, 0.5) is 17.6 Å². The van der Waals surface area contributed by atoms with Gasteiger partial charge in [0.2, 0.25) is 0 Å². The summed E-state index contributed by atoms with van der Waals surface area (Å²) in [6.45, 7) is 1.38. The van der Waals surface area contributed by atoms with Crippen LogP contribution in [0.1, 0.15) is 29.3 Å². The second-order valence-corrected chi connectivity index (χ2v) is 2.87. The number of rotatable bonds is 3. The molecule has 0 aromatic heterocycles. The highest BCUT2D eigenvalue weighted by atomic mass is 19.3. The fraction of sp³-hybridized carbons (Fsp3) is 0.300. The van der Waals surface area contributed by atoms with Crippen molar-refractivity contribution in [2.24, 2.45) is 0 Å². The molecule has 1 aromatic rings. The number of carbonyl (C=O) groups is 1. The Kier molecular flexibility index (Phi) is 3.87. The minimum absolute atomic E-state index is 0.0698. The second kappa shape index (κ2) is 4.96. The summed E-state index contributed by atoms with van der Waals surface area (Å²) >= 11 is 0. The Morgan fingerprint density at radius 3 is 2.50 bits per heavy atom. The first-order valence-corrected chi connectivity index (χ1v) is 4.41. The Hall–Kier alpha value is -1.59. The molecule has 0 aliphatic heterocycles. The van der Waals surface area contributed by atoms with E-state index in [1.165, 1.54) is 6.92 Å². The summed E-state index contributed by atoms with van der Waals surface area (Å²) in [5, 5.41) is 0. The van der Waals surface area contributed by atoms with E-state index < -0.39 is 35.2 Å². The zero-order chi connectivity index (χ0) is 12.3. The Labute approximate surface area is 88.8 Å².